The van der Waals surface area contributed by atoms with Crippen molar-refractivity contribution in [1.82, 2.24) is 9.97 Å². The van der Waals surface area contributed by atoms with Gasteiger partial charge >= 0.3 is 5.97 Å². The fourth-order valence-electron chi connectivity index (χ4n) is 2.31. The molecule has 0 bridgehead atoms. The van der Waals surface area contributed by atoms with Crippen molar-refractivity contribution in [2.75, 3.05) is 0 Å². The zero-order valence-corrected chi connectivity index (χ0v) is 14.8. The number of esters is 1. The summed E-state index contributed by atoms with van der Waals surface area (Å²) in [5.74, 6) is 0.491. The van der Waals surface area contributed by atoms with Gasteiger partial charge in [-0.05, 0) is 25.3 Å². The molecule has 0 aliphatic rings. The first kappa shape index (κ1) is 18.6. The molecule has 0 unspecified atom stereocenters. The van der Waals surface area contributed by atoms with Gasteiger partial charge in [0.1, 0.15) is 0 Å². The lowest BCUT2D eigenvalue weighted by molar-refractivity contribution is -0.129. The van der Waals surface area contributed by atoms with E-state index in [9.17, 15) is 4.79 Å². The molecule has 0 aliphatic carbocycles. The maximum atomic E-state index is 11.6. The van der Waals surface area contributed by atoms with Crippen LogP contribution in [0.2, 0.25) is 0 Å². The fraction of sp³-hybridized carbons (Fsp3) is 0.286. The van der Waals surface area contributed by atoms with Crippen molar-refractivity contribution in [1.29, 1.82) is 0 Å². The zero-order valence-electron chi connectivity index (χ0n) is 14.8. The van der Waals surface area contributed by atoms with E-state index >= 15 is 0 Å². The van der Waals surface area contributed by atoms with Gasteiger partial charge in [-0.2, -0.15) is 0 Å². The highest BCUT2D eigenvalue weighted by Crippen LogP contribution is 2.18. The summed E-state index contributed by atoms with van der Waals surface area (Å²) < 4.78 is 5.14. The van der Waals surface area contributed by atoms with Gasteiger partial charge in [0.2, 0.25) is 0 Å². The number of rotatable bonds is 8. The molecule has 0 aliphatic heterocycles. The van der Waals surface area contributed by atoms with Crippen molar-refractivity contribution in [2.24, 2.45) is 0 Å². The molecule has 2 rings (SSSR count). The molecule has 0 amide bonds. The summed E-state index contributed by atoms with van der Waals surface area (Å²) in [6, 6.07) is 8.30. The average Bonchev–Trinajstić information content (AvgIpc) is 2.63. The van der Waals surface area contributed by atoms with E-state index in [-0.39, 0.29) is 0 Å². The number of nitrogens with zero attached hydrogens (tertiary/aromatic N) is 2. The van der Waals surface area contributed by atoms with Gasteiger partial charge in [0.05, 0.1) is 12.4 Å². The monoisotopic (exact) mass is 336 g/mol. The number of carbonyl (C=O) groups excluding carboxylic acids is 1. The van der Waals surface area contributed by atoms with Crippen LogP contribution < -0.4 is 4.74 Å². The van der Waals surface area contributed by atoms with Crippen molar-refractivity contribution < 1.29 is 9.53 Å². The highest BCUT2D eigenvalue weighted by molar-refractivity contribution is 5.84. The maximum absolute atomic E-state index is 11.6. The molecule has 2 aromatic rings. The van der Waals surface area contributed by atoms with Crippen molar-refractivity contribution >= 4 is 5.97 Å². The molecule has 25 heavy (non-hydrogen) atoms. The number of aryl methyl sites for hydroxylation is 1. The smallest absolute Gasteiger partial charge is 0.336 e. The Morgan fingerprint density at radius 2 is 1.80 bits per heavy atom. The highest BCUT2D eigenvalue weighted by Gasteiger charge is 2.05. The number of allylic oxidation sites excluding steroid dienone is 3. The lowest BCUT2D eigenvalue weighted by atomic mass is 10.1. The van der Waals surface area contributed by atoms with Crippen LogP contribution in [-0.4, -0.2) is 15.9 Å². The molecule has 0 spiro atoms. The third-order valence-corrected chi connectivity index (χ3v) is 3.66. The Labute approximate surface area is 149 Å². The fourth-order valence-corrected chi connectivity index (χ4v) is 2.31. The Hall–Kier alpha value is -2.75. The minimum atomic E-state index is -0.453. The van der Waals surface area contributed by atoms with Crippen molar-refractivity contribution in [3.63, 3.8) is 0 Å². The van der Waals surface area contributed by atoms with Crippen LogP contribution in [0.25, 0.3) is 11.4 Å². The number of aromatic nitrogens is 2. The van der Waals surface area contributed by atoms with Crippen LogP contribution >= 0.6 is 0 Å². The summed E-state index contributed by atoms with van der Waals surface area (Å²) in [4.78, 5) is 20.1. The van der Waals surface area contributed by atoms with E-state index < -0.39 is 5.97 Å². The number of benzene rings is 1. The number of carbonyl (C=O) groups is 1. The molecule has 1 heterocycles. The third kappa shape index (κ3) is 6.34. The first-order valence-electron chi connectivity index (χ1n) is 8.65. The van der Waals surface area contributed by atoms with Gasteiger partial charge in [0, 0.05) is 11.6 Å². The lowest BCUT2D eigenvalue weighted by Crippen LogP contribution is -2.04. The van der Waals surface area contributed by atoms with Gasteiger partial charge in [-0.1, -0.05) is 62.3 Å². The van der Waals surface area contributed by atoms with Crippen LogP contribution in [0.15, 0.2) is 61.0 Å². The van der Waals surface area contributed by atoms with E-state index in [1.54, 1.807) is 12.2 Å². The second kappa shape index (κ2) is 10.2. The van der Waals surface area contributed by atoms with Gasteiger partial charge < -0.3 is 4.74 Å². The number of unbranched alkanes of at least 4 members (excludes halogenated alkanes) is 2. The Morgan fingerprint density at radius 3 is 2.44 bits per heavy atom. The van der Waals surface area contributed by atoms with E-state index in [0.29, 0.717) is 11.6 Å². The summed E-state index contributed by atoms with van der Waals surface area (Å²) in [7, 11) is 0. The van der Waals surface area contributed by atoms with E-state index in [2.05, 4.69) is 29.0 Å². The van der Waals surface area contributed by atoms with Crippen molar-refractivity contribution in [3.05, 3.63) is 66.5 Å². The number of hydrogen-bond acceptors (Lipinski definition) is 4. The molecular formula is C21H24N2O2. The molecule has 0 atom stereocenters. The Bertz CT molecular complexity index is 717. The van der Waals surface area contributed by atoms with Crippen LogP contribution in [0.3, 0.4) is 0 Å². The predicted octanol–water partition coefficient (Wildman–Crippen LogP) is 4.91. The number of hydrogen-bond donors (Lipinski definition) is 0. The van der Waals surface area contributed by atoms with Crippen LogP contribution in [0.4, 0.5) is 0 Å². The molecule has 1 aromatic heterocycles. The highest BCUT2D eigenvalue weighted by atomic mass is 16.5. The first-order chi connectivity index (χ1) is 12.2. The molecule has 1 aromatic carbocycles. The molecule has 0 fully saturated rings. The Morgan fingerprint density at radius 1 is 1.08 bits per heavy atom. The van der Waals surface area contributed by atoms with Crippen molar-refractivity contribution in [3.8, 4) is 17.1 Å². The van der Waals surface area contributed by atoms with E-state index in [1.165, 1.54) is 43.3 Å². The molecule has 0 N–H and O–H groups in total. The topological polar surface area (TPSA) is 52.1 Å². The summed E-state index contributed by atoms with van der Waals surface area (Å²) in [6.45, 7) is 4.08. The summed E-state index contributed by atoms with van der Waals surface area (Å²) in [6.07, 6.45) is 14.4. The van der Waals surface area contributed by atoms with E-state index in [1.807, 2.05) is 25.1 Å². The van der Waals surface area contributed by atoms with Gasteiger partial charge in [-0.3, -0.25) is 0 Å². The summed E-state index contributed by atoms with van der Waals surface area (Å²) in [5, 5.41) is 0. The molecule has 4 nitrogen and oxygen atoms in total. The molecule has 0 radical (unpaired) electrons. The quantitative estimate of drug-likeness (QED) is 0.297. The Balaban J connectivity index is 1.96. The SMILES string of the molecule is C/C=C/C=C/C(=O)Oc1cnc(-c2ccc(CCCCC)cc2)nc1. The second-order valence-corrected chi connectivity index (χ2v) is 5.70. The lowest BCUT2D eigenvalue weighted by Gasteiger charge is -2.04. The van der Waals surface area contributed by atoms with Crippen molar-refractivity contribution in [2.45, 2.75) is 39.5 Å². The number of ether oxygens (including phenoxy) is 1. The molecule has 0 saturated carbocycles. The van der Waals surface area contributed by atoms with Gasteiger partial charge in [0.25, 0.3) is 0 Å². The van der Waals surface area contributed by atoms with Crippen LogP contribution in [0, 0.1) is 0 Å². The van der Waals surface area contributed by atoms with Crippen LogP contribution in [0.5, 0.6) is 5.75 Å². The Kier molecular flexibility index (Phi) is 7.57. The summed E-state index contributed by atoms with van der Waals surface area (Å²) >= 11 is 0. The molecule has 4 heteroatoms. The minimum Gasteiger partial charge on any atom is -0.420 e. The first-order valence-corrected chi connectivity index (χ1v) is 8.65. The van der Waals surface area contributed by atoms with Gasteiger partial charge in [0.15, 0.2) is 11.6 Å². The largest absolute Gasteiger partial charge is 0.420 e. The van der Waals surface area contributed by atoms with E-state index in [0.717, 1.165) is 12.0 Å². The van der Waals surface area contributed by atoms with E-state index in [4.69, 9.17) is 4.74 Å². The molecule has 130 valence electrons. The standard InChI is InChI=1S/C21H24N2O2/c1-3-5-7-9-17-11-13-18(14-12-17)21-22-15-19(16-23-21)25-20(24)10-8-6-4-2/h4,6,8,10-16H,3,5,7,9H2,1-2H3/b6-4+,10-8+. The summed E-state index contributed by atoms with van der Waals surface area (Å²) in [5.41, 5.74) is 2.28. The van der Waals surface area contributed by atoms with Gasteiger partial charge in [-0.15, -0.1) is 0 Å². The third-order valence-electron chi connectivity index (χ3n) is 3.66. The van der Waals surface area contributed by atoms with Gasteiger partial charge in [-0.25, -0.2) is 14.8 Å². The van der Waals surface area contributed by atoms with Crippen LogP contribution in [0.1, 0.15) is 38.7 Å². The second-order valence-electron chi connectivity index (χ2n) is 5.70. The minimum absolute atomic E-state index is 0.329. The normalized spacial score (nSPS) is 11.3. The molecule has 0 saturated heterocycles. The maximum Gasteiger partial charge on any atom is 0.336 e. The van der Waals surface area contributed by atoms with Crippen LogP contribution in [-0.2, 0) is 11.2 Å². The zero-order chi connectivity index (χ0) is 17.9. The average molecular weight is 336 g/mol. The predicted molar refractivity (Wildman–Crippen MR) is 100 cm³/mol. The molecular weight excluding hydrogens is 312 g/mol.